The minimum absolute atomic E-state index is 0.0316. The second kappa shape index (κ2) is 4.47. The van der Waals surface area contributed by atoms with Gasteiger partial charge in [-0.25, -0.2) is 0 Å². The molecule has 0 fully saturated rings. The topological polar surface area (TPSA) is 52.7 Å². The van der Waals surface area contributed by atoms with Gasteiger partial charge in [-0.15, -0.1) is 0 Å². The van der Waals surface area contributed by atoms with Crippen LogP contribution in [0.4, 0.5) is 0 Å². The van der Waals surface area contributed by atoms with Crippen LogP contribution in [0, 0.1) is 0 Å². The predicted octanol–water partition coefficient (Wildman–Crippen LogP) is 2.33. The molecule has 3 heterocycles. The van der Waals surface area contributed by atoms with E-state index in [1.807, 2.05) is 30.3 Å². The maximum absolute atomic E-state index is 13.2. The molecule has 0 bridgehead atoms. The number of fused-ring (bicyclic) bond motifs is 4. The lowest BCUT2D eigenvalue weighted by Gasteiger charge is -2.13. The van der Waals surface area contributed by atoms with Crippen molar-refractivity contribution in [1.82, 2.24) is 8.97 Å². The van der Waals surface area contributed by atoms with Crippen molar-refractivity contribution in [2.45, 2.75) is 13.0 Å². The van der Waals surface area contributed by atoms with E-state index in [0.29, 0.717) is 35.0 Å². The number of aryl methyl sites for hydroxylation is 2. The van der Waals surface area contributed by atoms with E-state index in [-0.39, 0.29) is 11.0 Å². The average molecular weight is 318 g/mol. The van der Waals surface area contributed by atoms with Crippen LogP contribution in [0.2, 0.25) is 0 Å². The largest absolute Gasteiger partial charge is 0.497 e. The third-order valence-corrected chi connectivity index (χ3v) is 4.91. The number of benzene rings is 2. The van der Waals surface area contributed by atoms with Gasteiger partial charge in [-0.1, -0.05) is 12.1 Å². The molecular weight excluding hydrogens is 304 g/mol. The number of ether oxygens (including phenoxy) is 1. The zero-order valence-corrected chi connectivity index (χ0v) is 13.1. The van der Waals surface area contributed by atoms with E-state index in [0.717, 1.165) is 16.7 Å². The molecule has 0 unspecified atom stereocenters. The van der Waals surface area contributed by atoms with Gasteiger partial charge in [-0.2, -0.15) is 0 Å². The first-order valence-electron chi connectivity index (χ1n) is 7.87. The van der Waals surface area contributed by atoms with Crippen LogP contribution in [-0.2, 0) is 13.0 Å². The van der Waals surface area contributed by atoms with Gasteiger partial charge >= 0.3 is 0 Å². The van der Waals surface area contributed by atoms with Crippen LogP contribution in [0.3, 0.4) is 0 Å². The predicted molar refractivity (Wildman–Crippen MR) is 93.2 cm³/mol. The maximum Gasteiger partial charge on any atom is 0.266 e. The molecule has 5 heteroatoms. The zero-order chi connectivity index (χ0) is 16.4. The van der Waals surface area contributed by atoms with Crippen molar-refractivity contribution < 1.29 is 4.74 Å². The smallest absolute Gasteiger partial charge is 0.266 e. The van der Waals surface area contributed by atoms with E-state index in [1.54, 1.807) is 23.6 Å². The number of pyridine rings is 1. The third kappa shape index (κ3) is 1.49. The fraction of sp³-hybridized carbons (Fsp3) is 0.158. The van der Waals surface area contributed by atoms with Crippen molar-refractivity contribution in [2.24, 2.45) is 0 Å². The Morgan fingerprint density at radius 2 is 1.83 bits per heavy atom. The fourth-order valence-electron chi connectivity index (χ4n) is 3.82. The first-order valence-corrected chi connectivity index (χ1v) is 7.87. The molecule has 24 heavy (non-hydrogen) atoms. The number of para-hydroxylation sites is 1. The van der Waals surface area contributed by atoms with Crippen LogP contribution in [0.15, 0.2) is 52.1 Å². The summed E-state index contributed by atoms with van der Waals surface area (Å²) in [7, 11) is 1.59. The molecule has 4 aromatic rings. The van der Waals surface area contributed by atoms with Crippen LogP contribution < -0.4 is 15.7 Å². The number of hydrogen-bond acceptors (Lipinski definition) is 3. The molecule has 118 valence electrons. The van der Waals surface area contributed by atoms with Gasteiger partial charge in [0, 0.05) is 17.5 Å². The summed E-state index contributed by atoms with van der Waals surface area (Å²) in [5.74, 6) is 0.648. The Morgan fingerprint density at radius 1 is 1.00 bits per heavy atom. The summed E-state index contributed by atoms with van der Waals surface area (Å²) in [6.45, 7) is 0.702. The summed E-state index contributed by atoms with van der Waals surface area (Å²) in [6.07, 6.45) is 0.651. The molecule has 0 saturated carbocycles. The first-order chi connectivity index (χ1) is 11.7. The van der Waals surface area contributed by atoms with Crippen molar-refractivity contribution in [2.75, 3.05) is 7.11 Å². The monoisotopic (exact) mass is 318 g/mol. The highest BCUT2D eigenvalue weighted by Crippen LogP contribution is 2.27. The Bertz CT molecular complexity index is 1280. The van der Waals surface area contributed by atoms with Gasteiger partial charge in [0.2, 0.25) is 0 Å². The van der Waals surface area contributed by atoms with Crippen LogP contribution >= 0.6 is 0 Å². The number of hydrogen-bond donors (Lipinski definition) is 0. The molecule has 0 spiro atoms. The van der Waals surface area contributed by atoms with Crippen LogP contribution in [0.1, 0.15) is 5.56 Å². The van der Waals surface area contributed by atoms with Crippen molar-refractivity contribution in [3.63, 3.8) is 0 Å². The summed E-state index contributed by atoms with van der Waals surface area (Å²) in [5.41, 5.74) is 2.87. The Morgan fingerprint density at radius 3 is 2.67 bits per heavy atom. The SMILES string of the molecule is COc1ccc2c(c1)c(=O)n1c3ccccc3c(=O)c3c1n2CC3. The number of methoxy groups -OCH3 is 1. The zero-order valence-electron chi connectivity index (χ0n) is 13.1. The molecule has 0 aliphatic carbocycles. The van der Waals surface area contributed by atoms with Gasteiger partial charge in [-0.3, -0.25) is 14.0 Å². The van der Waals surface area contributed by atoms with Gasteiger partial charge in [0.05, 0.1) is 23.5 Å². The minimum Gasteiger partial charge on any atom is -0.497 e. The highest BCUT2D eigenvalue weighted by atomic mass is 16.5. The normalized spacial score (nSPS) is 13.2. The van der Waals surface area contributed by atoms with Gasteiger partial charge in [0.25, 0.3) is 5.56 Å². The van der Waals surface area contributed by atoms with Crippen molar-refractivity contribution in [3.05, 3.63) is 68.6 Å². The Kier molecular flexibility index (Phi) is 2.49. The molecular formula is C19H14N2O3. The Labute approximate surface area is 136 Å². The standard InChI is InChI=1S/C19H14N2O3/c1-24-11-6-7-15-14(10-11)19(23)21-16-5-3-2-4-12(16)17(22)13-8-9-20(15)18(13)21/h2-7,10H,8-9H2,1H3. The van der Waals surface area contributed by atoms with Crippen molar-refractivity contribution in [3.8, 4) is 5.75 Å². The lowest BCUT2D eigenvalue weighted by Crippen LogP contribution is -2.22. The van der Waals surface area contributed by atoms with E-state index in [1.165, 1.54) is 0 Å². The van der Waals surface area contributed by atoms with Crippen molar-refractivity contribution >= 4 is 27.5 Å². The summed E-state index contributed by atoms with van der Waals surface area (Å²) in [6, 6.07) is 12.8. The lowest BCUT2D eigenvalue weighted by atomic mass is 10.1. The van der Waals surface area contributed by atoms with Crippen LogP contribution in [0.5, 0.6) is 5.75 Å². The molecule has 0 amide bonds. The molecule has 2 aromatic heterocycles. The summed E-state index contributed by atoms with van der Waals surface area (Å²) in [5, 5.41) is 1.20. The third-order valence-electron chi connectivity index (χ3n) is 4.91. The molecule has 0 N–H and O–H groups in total. The van der Waals surface area contributed by atoms with Crippen LogP contribution in [-0.4, -0.2) is 16.1 Å². The highest BCUT2D eigenvalue weighted by molar-refractivity contribution is 5.89. The van der Waals surface area contributed by atoms with Gasteiger partial charge < -0.3 is 9.30 Å². The fourth-order valence-corrected chi connectivity index (χ4v) is 3.82. The average Bonchev–Trinajstić information content (AvgIpc) is 3.06. The lowest BCUT2D eigenvalue weighted by molar-refractivity contribution is 0.415. The van der Waals surface area contributed by atoms with E-state index in [4.69, 9.17) is 4.74 Å². The highest BCUT2D eigenvalue weighted by Gasteiger charge is 2.23. The quantitative estimate of drug-likeness (QED) is 0.400. The molecule has 0 radical (unpaired) electrons. The van der Waals surface area contributed by atoms with Gasteiger partial charge in [-0.05, 0) is 36.8 Å². The van der Waals surface area contributed by atoms with Gasteiger partial charge in [0.1, 0.15) is 11.4 Å². The molecule has 1 aliphatic heterocycles. The van der Waals surface area contributed by atoms with E-state index >= 15 is 0 Å². The molecule has 0 atom stereocenters. The number of aromatic nitrogens is 2. The Balaban J connectivity index is 2.17. The summed E-state index contributed by atoms with van der Waals surface area (Å²) >= 11 is 0. The summed E-state index contributed by atoms with van der Waals surface area (Å²) < 4.78 is 9.03. The first kappa shape index (κ1) is 13.4. The Hall–Kier alpha value is -3.08. The van der Waals surface area contributed by atoms with E-state index in [9.17, 15) is 9.59 Å². The number of nitrogens with zero attached hydrogens (tertiary/aromatic N) is 2. The van der Waals surface area contributed by atoms with Crippen LogP contribution in [0.25, 0.3) is 27.5 Å². The second-order valence-corrected chi connectivity index (χ2v) is 6.07. The van der Waals surface area contributed by atoms with E-state index in [2.05, 4.69) is 4.57 Å². The molecule has 1 aliphatic rings. The molecule has 5 nitrogen and oxygen atoms in total. The maximum atomic E-state index is 13.2. The molecule has 2 aromatic carbocycles. The van der Waals surface area contributed by atoms with E-state index < -0.39 is 0 Å². The van der Waals surface area contributed by atoms with Crippen molar-refractivity contribution in [1.29, 1.82) is 0 Å². The second-order valence-electron chi connectivity index (χ2n) is 6.07. The minimum atomic E-state index is -0.116. The number of rotatable bonds is 1. The summed E-state index contributed by atoms with van der Waals surface area (Å²) in [4.78, 5) is 26.0. The molecule has 5 rings (SSSR count). The van der Waals surface area contributed by atoms with Gasteiger partial charge in [0.15, 0.2) is 5.43 Å². The molecule has 0 saturated heterocycles.